The molecule has 0 radical (unpaired) electrons. The molecule has 0 aliphatic carbocycles. The maximum absolute atomic E-state index is 15.0. The molecule has 7 rings (SSSR count). The Balaban J connectivity index is 0.000000215. The van der Waals surface area contributed by atoms with Gasteiger partial charge in [0, 0.05) is 55.5 Å². The van der Waals surface area contributed by atoms with Crippen LogP contribution in [0.2, 0.25) is 0 Å². The summed E-state index contributed by atoms with van der Waals surface area (Å²) in [7, 11) is 2.01. The van der Waals surface area contributed by atoms with Crippen molar-refractivity contribution >= 4 is 44.4 Å². The fourth-order valence-corrected chi connectivity index (χ4v) is 5.36. The quantitative estimate of drug-likeness (QED) is 0.196. The first kappa shape index (κ1) is 31.3. The van der Waals surface area contributed by atoms with Gasteiger partial charge in [-0.2, -0.15) is 0 Å². The predicted molar refractivity (Wildman–Crippen MR) is 149 cm³/mol. The Kier molecular flexibility index (Phi) is 9.45. The van der Waals surface area contributed by atoms with Crippen LogP contribution in [0.25, 0.3) is 32.7 Å². The SMILES string of the molecule is C[C@H]1COc2c(N3CCN(C)CC3)c(F)cc3c(=O)c(C(=O)[O-])cn1c23.[Cl-].[Zn+2].c1cnc2c(c1)ccc1cccnc12. The number of aromatic carboxylic acids is 1. The molecule has 0 spiro atoms. The number of aromatic nitrogens is 3. The minimum absolute atomic E-state index is 0. The normalized spacial score (nSPS) is 16.2. The molecule has 5 heterocycles. The smallest absolute Gasteiger partial charge is 1.00 e. The number of pyridine rings is 3. The molecule has 212 valence electrons. The summed E-state index contributed by atoms with van der Waals surface area (Å²) in [6.07, 6.45) is 4.88. The third-order valence-corrected chi connectivity index (χ3v) is 7.53. The number of carboxylic acids is 1. The average molecular weight is 641 g/mol. The summed E-state index contributed by atoms with van der Waals surface area (Å²) in [5.74, 6) is -1.83. The van der Waals surface area contributed by atoms with Gasteiger partial charge in [-0.3, -0.25) is 14.8 Å². The first-order chi connectivity index (χ1) is 19.3. The van der Waals surface area contributed by atoms with E-state index in [0.717, 1.165) is 41.0 Å². The molecular formula is C30H27ClFN5O4Zn. The summed E-state index contributed by atoms with van der Waals surface area (Å²) in [4.78, 5) is 36.6. The van der Waals surface area contributed by atoms with E-state index in [9.17, 15) is 19.1 Å². The van der Waals surface area contributed by atoms with Crippen molar-refractivity contribution in [3.8, 4) is 5.75 Å². The molecular weight excluding hydrogens is 614 g/mol. The first-order valence-corrected chi connectivity index (χ1v) is 13.1. The number of hydrogen-bond donors (Lipinski definition) is 0. The van der Waals surface area contributed by atoms with Crippen molar-refractivity contribution in [1.82, 2.24) is 19.4 Å². The van der Waals surface area contributed by atoms with Crippen LogP contribution in [0.4, 0.5) is 10.1 Å². The van der Waals surface area contributed by atoms with Crippen LogP contribution >= 0.6 is 0 Å². The maximum Gasteiger partial charge on any atom is 2.00 e. The molecule has 0 N–H and O–H groups in total. The van der Waals surface area contributed by atoms with E-state index in [0.29, 0.717) is 30.0 Å². The van der Waals surface area contributed by atoms with Crippen LogP contribution in [0.15, 0.2) is 65.8 Å². The zero-order valence-corrected chi connectivity index (χ0v) is 26.9. The molecule has 0 saturated carbocycles. The van der Waals surface area contributed by atoms with Crippen LogP contribution in [-0.2, 0) is 19.5 Å². The Morgan fingerprint density at radius 2 is 1.62 bits per heavy atom. The molecule has 2 aliphatic heterocycles. The zero-order valence-electron chi connectivity index (χ0n) is 23.2. The van der Waals surface area contributed by atoms with E-state index in [1.807, 2.05) is 31.0 Å². The summed E-state index contributed by atoms with van der Waals surface area (Å²) >= 11 is 0. The number of nitrogens with zero attached hydrogens (tertiary/aromatic N) is 5. The van der Waals surface area contributed by atoms with Crippen molar-refractivity contribution in [3.05, 3.63) is 82.7 Å². The fourth-order valence-electron chi connectivity index (χ4n) is 5.36. The molecule has 1 fully saturated rings. The monoisotopic (exact) mass is 639 g/mol. The number of halogens is 2. The summed E-state index contributed by atoms with van der Waals surface area (Å²) < 4.78 is 22.5. The number of piperazine rings is 1. The average Bonchev–Trinajstić information content (AvgIpc) is 2.96. The van der Waals surface area contributed by atoms with Gasteiger partial charge >= 0.3 is 19.5 Å². The van der Waals surface area contributed by atoms with Crippen molar-refractivity contribution in [2.45, 2.75) is 13.0 Å². The molecule has 2 aliphatic rings. The van der Waals surface area contributed by atoms with Crippen molar-refractivity contribution in [1.29, 1.82) is 0 Å². The molecule has 0 amide bonds. The third-order valence-electron chi connectivity index (χ3n) is 7.53. The van der Waals surface area contributed by atoms with E-state index in [4.69, 9.17) is 4.74 Å². The minimum Gasteiger partial charge on any atom is -1.00 e. The molecule has 1 atom stereocenters. The van der Waals surface area contributed by atoms with Crippen LogP contribution in [0.1, 0.15) is 23.3 Å². The second-order valence-corrected chi connectivity index (χ2v) is 10.2. The van der Waals surface area contributed by atoms with E-state index in [2.05, 4.69) is 39.1 Å². The van der Waals surface area contributed by atoms with Gasteiger partial charge in [0.05, 0.1) is 39.5 Å². The Labute approximate surface area is 260 Å². The van der Waals surface area contributed by atoms with Crippen molar-refractivity contribution < 1.29 is 50.9 Å². The molecule has 3 aromatic heterocycles. The summed E-state index contributed by atoms with van der Waals surface area (Å²) in [5, 5.41) is 13.6. The molecule has 42 heavy (non-hydrogen) atoms. The van der Waals surface area contributed by atoms with Crippen LogP contribution in [0.3, 0.4) is 0 Å². The number of carboxylic acid groups (broad SMARTS) is 1. The van der Waals surface area contributed by atoms with Crippen molar-refractivity contribution in [2.24, 2.45) is 0 Å². The van der Waals surface area contributed by atoms with E-state index >= 15 is 0 Å². The number of benzene rings is 2. The fraction of sp³-hybridized carbons (Fsp3) is 0.267. The first-order valence-electron chi connectivity index (χ1n) is 13.1. The van der Waals surface area contributed by atoms with E-state index in [1.54, 1.807) is 17.0 Å². The molecule has 9 nitrogen and oxygen atoms in total. The topological polar surface area (TPSA) is 104 Å². The largest absolute Gasteiger partial charge is 2.00 e. The maximum atomic E-state index is 15.0. The molecule has 0 bridgehead atoms. The van der Waals surface area contributed by atoms with Gasteiger partial charge < -0.3 is 41.4 Å². The van der Waals surface area contributed by atoms with E-state index in [1.165, 1.54) is 6.20 Å². The van der Waals surface area contributed by atoms with Gasteiger partial charge in [0.2, 0.25) is 0 Å². The van der Waals surface area contributed by atoms with Crippen LogP contribution < -0.4 is 32.6 Å². The molecule has 1 saturated heterocycles. The van der Waals surface area contributed by atoms with Crippen LogP contribution in [-0.4, -0.2) is 65.2 Å². The molecule has 0 unspecified atom stereocenters. The Bertz CT molecular complexity index is 1790. The van der Waals surface area contributed by atoms with Gasteiger partial charge in [-0.1, -0.05) is 24.3 Å². The van der Waals surface area contributed by atoms with E-state index in [-0.39, 0.29) is 49.9 Å². The number of carbonyl (C=O) groups is 1. The number of rotatable bonds is 2. The number of carbonyl (C=O) groups excluding carboxylic acids is 1. The van der Waals surface area contributed by atoms with Crippen LogP contribution in [0, 0.1) is 5.82 Å². The van der Waals surface area contributed by atoms with Gasteiger partial charge in [-0.15, -0.1) is 0 Å². The molecule has 12 heteroatoms. The molecule has 2 aromatic carbocycles. The Hall–Kier alpha value is -3.66. The standard InChI is InChI=1S/C18H20FN3O4.C12H8N2.ClH.Zn/c1-10-9-26-17-14-11(16(23)12(18(24)25)8-22(10)14)7-13(19)15(17)21-5-3-20(2)4-6-21;1-3-9-5-6-10-4-2-8-14-12(10)11(9)13-7-1;;/h7-8,10H,3-6,9H2,1-2H3,(H,24,25);1-8H;1H;/q;;;+2/p-2/t10-;;;/m0.../s1. The third kappa shape index (κ3) is 5.56. The Morgan fingerprint density at radius 3 is 2.19 bits per heavy atom. The number of likely N-dealkylation sites (N-methyl/N-ethyl adjacent to an activating group) is 1. The number of ether oxygens (including phenoxy) is 1. The van der Waals surface area contributed by atoms with Gasteiger partial charge in [0.15, 0.2) is 17.0 Å². The van der Waals surface area contributed by atoms with Crippen LogP contribution in [0.5, 0.6) is 5.75 Å². The number of fused-ring (bicyclic) bond motifs is 3. The van der Waals surface area contributed by atoms with Gasteiger partial charge in [-0.05, 0) is 32.2 Å². The number of hydrogen-bond acceptors (Lipinski definition) is 8. The number of anilines is 1. The summed E-state index contributed by atoms with van der Waals surface area (Å²) in [6.45, 7) is 5.00. The zero-order chi connectivity index (χ0) is 28.0. The van der Waals surface area contributed by atoms with Crippen molar-refractivity contribution in [2.75, 3.05) is 44.7 Å². The van der Waals surface area contributed by atoms with E-state index < -0.39 is 22.8 Å². The van der Waals surface area contributed by atoms with Gasteiger partial charge in [0.1, 0.15) is 12.3 Å². The van der Waals surface area contributed by atoms with Crippen molar-refractivity contribution in [3.63, 3.8) is 0 Å². The Morgan fingerprint density at radius 1 is 1.02 bits per heavy atom. The second-order valence-electron chi connectivity index (χ2n) is 10.2. The molecule has 5 aromatic rings. The predicted octanol–water partition coefficient (Wildman–Crippen LogP) is -0.00620. The minimum atomic E-state index is -1.57. The summed E-state index contributed by atoms with van der Waals surface area (Å²) in [5.41, 5.74) is 1.51. The van der Waals surface area contributed by atoms with Gasteiger partial charge in [0.25, 0.3) is 0 Å². The second kappa shape index (κ2) is 12.7. The summed E-state index contributed by atoms with van der Waals surface area (Å²) in [6, 6.07) is 13.1. The van der Waals surface area contributed by atoms with Gasteiger partial charge in [-0.25, -0.2) is 4.39 Å².